The lowest BCUT2D eigenvalue weighted by Gasteiger charge is -2.19. The van der Waals surface area contributed by atoms with Crippen molar-refractivity contribution in [3.63, 3.8) is 0 Å². The van der Waals surface area contributed by atoms with Gasteiger partial charge in [-0.15, -0.1) is 0 Å². The highest BCUT2D eigenvalue weighted by Gasteiger charge is 2.43. The van der Waals surface area contributed by atoms with Crippen molar-refractivity contribution in [1.29, 1.82) is 0 Å². The second-order valence-electron chi connectivity index (χ2n) is 7.46. The number of hydrogen-bond acceptors (Lipinski definition) is 3. The Bertz CT molecular complexity index is 1040. The first-order valence-corrected chi connectivity index (χ1v) is 9.22. The number of benzene rings is 2. The fourth-order valence-corrected chi connectivity index (χ4v) is 3.71. The lowest BCUT2D eigenvalue weighted by atomic mass is 9.86. The van der Waals surface area contributed by atoms with E-state index in [1.165, 1.54) is 12.1 Å². The molecule has 0 bridgehead atoms. The number of halogens is 2. The van der Waals surface area contributed by atoms with Crippen LogP contribution in [0.3, 0.4) is 0 Å². The Labute approximate surface area is 161 Å². The van der Waals surface area contributed by atoms with Crippen molar-refractivity contribution in [2.24, 2.45) is 0 Å². The van der Waals surface area contributed by atoms with Gasteiger partial charge in [0.1, 0.15) is 11.6 Å². The molecule has 5 nitrogen and oxygen atoms in total. The van der Waals surface area contributed by atoms with Crippen molar-refractivity contribution in [3.05, 3.63) is 42.0 Å². The quantitative estimate of drug-likeness (QED) is 0.682. The van der Waals surface area contributed by atoms with Crippen molar-refractivity contribution in [2.75, 3.05) is 11.4 Å². The van der Waals surface area contributed by atoms with E-state index in [4.69, 9.17) is 0 Å². The van der Waals surface area contributed by atoms with E-state index < -0.39 is 12.0 Å². The number of nitrogens with zero attached hydrogens (tertiary/aromatic N) is 2. The van der Waals surface area contributed by atoms with Crippen molar-refractivity contribution in [3.8, 4) is 17.1 Å². The van der Waals surface area contributed by atoms with Crippen molar-refractivity contribution in [2.45, 2.75) is 39.2 Å². The zero-order chi connectivity index (χ0) is 20.1. The number of amides is 1. The minimum Gasteiger partial charge on any atom is -0.435 e. The molecule has 28 heavy (non-hydrogen) atoms. The van der Waals surface area contributed by atoms with E-state index in [-0.39, 0.29) is 11.7 Å². The topological polar surface area (TPSA) is 58.2 Å². The first-order chi connectivity index (χ1) is 13.3. The van der Waals surface area contributed by atoms with Gasteiger partial charge in [0.2, 0.25) is 5.91 Å². The predicted octanol–water partition coefficient (Wildman–Crippen LogP) is 4.87. The van der Waals surface area contributed by atoms with Crippen molar-refractivity contribution >= 4 is 22.6 Å². The molecule has 0 radical (unpaired) electrons. The van der Waals surface area contributed by atoms with Gasteiger partial charge in [-0.3, -0.25) is 4.79 Å². The van der Waals surface area contributed by atoms with E-state index in [0.717, 1.165) is 34.3 Å². The molecule has 3 aromatic rings. The molecule has 1 aliphatic heterocycles. The summed E-state index contributed by atoms with van der Waals surface area (Å²) < 4.78 is 29.0. The number of anilines is 1. The van der Waals surface area contributed by atoms with Gasteiger partial charge >= 0.3 is 6.61 Å². The summed E-state index contributed by atoms with van der Waals surface area (Å²) in [6.07, 6.45) is 0.876. The molecule has 2 aromatic carbocycles. The average Bonchev–Trinajstić information content (AvgIpc) is 3.14. The lowest BCUT2D eigenvalue weighted by Crippen LogP contribution is -2.36. The fourth-order valence-electron chi connectivity index (χ4n) is 3.71. The monoisotopic (exact) mass is 385 g/mol. The molecule has 2 heterocycles. The Kier molecular flexibility index (Phi) is 4.33. The molecule has 146 valence electrons. The molecule has 0 saturated carbocycles. The number of nitrogens with one attached hydrogen (secondary N) is 1. The highest BCUT2D eigenvalue weighted by atomic mass is 19.3. The van der Waals surface area contributed by atoms with E-state index >= 15 is 0 Å². The molecule has 0 unspecified atom stereocenters. The maximum atomic E-state index is 12.8. The maximum Gasteiger partial charge on any atom is 0.387 e. The van der Waals surface area contributed by atoms with Crippen molar-refractivity contribution < 1.29 is 18.3 Å². The number of imidazole rings is 1. The summed E-state index contributed by atoms with van der Waals surface area (Å²) in [6, 6.07) is 10.3. The predicted molar refractivity (Wildman–Crippen MR) is 104 cm³/mol. The van der Waals surface area contributed by atoms with Crippen LogP contribution in [0.4, 0.5) is 14.5 Å². The minimum atomic E-state index is -2.85. The van der Waals surface area contributed by atoms with Crippen molar-refractivity contribution in [1.82, 2.24) is 9.97 Å². The number of rotatable bonds is 5. The summed E-state index contributed by atoms with van der Waals surface area (Å²) in [4.78, 5) is 22.5. The number of H-pyrrole nitrogens is 1. The first kappa shape index (κ1) is 18.4. The van der Waals surface area contributed by atoms with E-state index in [2.05, 4.69) is 14.7 Å². The minimum absolute atomic E-state index is 0.101. The van der Waals surface area contributed by atoms with E-state index in [1.54, 1.807) is 12.1 Å². The van der Waals surface area contributed by atoms with Crippen LogP contribution in [-0.2, 0) is 10.2 Å². The molecule has 1 amide bonds. The SMILES string of the molecule is CCCN1C(=O)C(C)(C)c2cc3nc(-c4ccc(OC(F)F)cc4)[nH]c3cc21. The molecule has 4 rings (SSSR count). The van der Waals surface area contributed by atoms with Gasteiger partial charge in [-0.05, 0) is 62.2 Å². The Morgan fingerprint density at radius 1 is 1.21 bits per heavy atom. The highest BCUT2D eigenvalue weighted by Crippen LogP contribution is 2.43. The molecule has 1 aromatic heterocycles. The summed E-state index contributed by atoms with van der Waals surface area (Å²) in [5, 5.41) is 0. The molecule has 0 fully saturated rings. The molecular weight excluding hydrogens is 364 g/mol. The maximum absolute atomic E-state index is 12.8. The van der Waals surface area contributed by atoms with Crippen LogP contribution in [-0.4, -0.2) is 29.0 Å². The second-order valence-corrected chi connectivity index (χ2v) is 7.46. The number of aromatic nitrogens is 2. The highest BCUT2D eigenvalue weighted by molar-refractivity contribution is 6.09. The number of carbonyl (C=O) groups is 1. The summed E-state index contributed by atoms with van der Waals surface area (Å²) in [5.74, 6) is 0.838. The van der Waals surface area contributed by atoms with Crippen LogP contribution in [0, 0.1) is 0 Å². The fraction of sp³-hybridized carbons (Fsp3) is 0.333. The van der Waals surface area contributed by atoms with Gasteiger partial charge in [0.15, 0.2) is 0 Å². The van der Waals surface area contributed by atoms with Gasteiger partial charge in [0, 0.05) is 12.1 Å². The van der Waals surface area contributed by atoms with Gasteiger partial charge in [0.25, 0.3) is 0 Å². The third-order valence-electron chi connectivity index (χ3n) is 5.14. The van der Waals surface area contributed by atoms with E-state index in [1.807, 2.05) is 37.8 Å². The molecule has 0 spiro atoms. The van der Waals surface area contributed by atoms with Crippen LogP contribution in [0.1, 0.15) is 32.8 Å². The number of alkyl halides is 2. The zero-order valence-electron chi connectivity index (χ0n) is 15.9. The number of aromatic amines is 1. The second kappa shape index (κ2) is 6.58. The number of hydrogen-bond donors (Lipinski definition) is 1. The van der Waals surface area contributed by atoms with Crippen LogP contribution in [0.5, 0.6) is 5.75 Å². The van der Waals surface area contributed by atoms with Crippen LogP contribution < -0.4 is 9.64 Å². The van der Waals surface area contributed by atoms with E-state index in [0.29, 0.717) is 12.4 Å². The van der Waals surface area contributed by atoms with Crippen LogP contribution >= 0.6 is 0 Å². The number of carbonyl (C=O) groups excluding carboxylic acids is 1. The summed E-state index contributed by atoms with van der Waals surface area (Å²) >= 11 is 0. The molecule has 1 aliphatic rings. The first-order valence-electron chi connectivity index (χ1n) is 9.22. The molecule has 0 atom stereocenters. The zero-order valence-corrected chi connectivity index (χ0v) is 15.9. The van der Waals surface area contributed by atoms with Gasteiger partial charge < -0.3 is 14.6 Å². The number of ether oxygens (including phenoxy) is 1. The Hall–Kier alpha value is -2.96. The summed E-state index contributed by atoms with van der Waals surface area (Å²) in [6.45, 7) is 3.74. The third kappa shape index (κ3) is 2.91. The van der Waals surface area contributed by atoms with Crippen LogP contribution in [0.2, 0.25) is 0 Å². The number of fused-ring (bicyclic) bond motifs is 2. The Morgan fingerprint density at radius 2 is 1.93 bits per heavy atom. The average molecular weight is 385 g/mol. The Balaban J connectivity index is 1.74. The summed E-state index contributed by atoms with van der Waals surface area (Å²) in [5.41, 5.74) is 3.65. The molecule has 1 N–H and O–H groups in total. The molecule has 7 heteroatoms. The molecule has 0 saturated heterocycles. The molecular formula is C21H21F2N3O2. The van der Waals surface area contributed by atoms with Gasteiger partial charge in [-0.25, -0.2) is 4.98 Å². The van der Waals surface area contributed by atoms with Gasteiger partial charge in [-0.2, -0.15) is 8.78 Å². The van der Waals surface area contributed by atoms with E-state index in [9.17, 15) is 13.6 Å². The Morgan fingerprint density at radius 3 is 2.57 bits per heavy atom. The van der Waals surface area contributed by atoms with Crippen LogP contribution in [0.25, 0.3) is 22.4 Å². The largest absolute Gasteiger partial charge is 0.435 e. The normalized spacial score (nSPS) is 15.5. The summed E-state index contributed by atoms with van der Waals surface area (Å²) in [7, 11) is 0. The van der Waals surface area contributed by atoms with Gasteiger partial charge in [-0.1, -0.05) is 6.92 Å². The van der Waals surface area contributed by atoms with Gasteiger partial charge in [0.05, 0.1) is 22.1 Å². The van der Waals surface area contributed by atoms with Crippen LogP contribution in [0.15, 0.2) is 36.4 Å². The lowest BCUT2D eigenvalue weighted by molar-refractivity contribution is -0.122. The molecule has 0 aliphatic carbocycles. The standard InChI is InChI=1S/C21H21F2N3O2/c1-4-9-26-17-11-16-15(10-14(17)21(2,3)19(26)27)24-18(25-16)12-5-7-13(8-6-12)28-20(22)23/h5-8,10-11,20H,4,9H2,1-3H3,(H,24,25). The smallest absolute Gasteiger partial charge is 0.387 e. The third-order valence-corrected chi connectivity index (χ3v) is 5.14.